The van der Waals surface area contributed by atoms with Crippen LogP contribution in [0.25, 0.3) is 0 Å². The Morgan fingerprint density at radius 1 is 1.16 bits per heavy atom. The standard InChI is InChI=1S/C18H25N3O4/c1-21-13-5-6-14(21)10-12(9-13)19-18(23)20-15-8-11(17(22)25-3)4-7-16(15)24-2/h4,7-8,12-14H,5-6,9-10H2,1-3H3,(H2,19,20,23). The smallest absolute Gasteiger partial charge is 0.337 e. The predicted molar refractivity (Wildman–Crippen MR) is 94.1 cm³/mol. The van der Waals surface area contributed by atoms with Gasteiger partial charge in [-0.1, -0.05) is 0 Å². The Morgan fingerprint density at radius 2 is 1.84 bits per heavy atom. The molecule has 2 amide bonds. The summed E-state index contributed by atoms with van der Waals surface area (Å²) < 4.78 is 9.98. The zero-order valence-corrected chi connectivity index (χ0v) is 14.9. The number of amides is 2. The van der Waals surface area contributed by atoms with E-state index in [1.54, 1.807) is 18.2 Å². The third-order valence-electron chi connectivity index (χ3n) is 5.30. The zero-order chi connectivity index (χ0) is 18.0. The first-order valence-corrected chi connectivity index (χ1v) is 8.57. The number of urea groups is 1. The van der Waals surface area contributed by atoms with Gasteiger partial charge in [-0.15, -0.1) is 0 Å². The second-order valence-electron chi connectivity index (χ2n) is 6.72. The summed E-state index contributed by atoms with van der Waals surface area (Å²) in [5.41, 5.74) is 0.801. The van der Waals surface area contributed by atoms with Crippen LogP contribution >= 0.6 is 0 Å². The Balaban J connectivity index is 1.65. The molecule has 2 fully saturated rings. The Morgan fingerprint density at radius 3 is 2.44 bits per heavy atom. The number of benzene rings is 1. The normalized spacial score (nSPS) is 25.3. The zero-order valence-electron chi connectivity index (χ0n) is 14.9. The molecule has 7 heteroatoms. The fraction of sp³-hybridized carbons (Fsp3) is 0.556. The number of hydrogen-bond acceptors (Lipinski definition) is 5. The molecule has 1 aromatic carbocycles. The maximum absolute atomic E-state index is 12.4. The van der Waals surface area contributed by atoms with Crippen molar-refractivity contribution < 1.29 is 19.1 Å². The molecule has 2 unspecified atom stereocenters. The van der Waals surface area contributed by atoms with E-state index >= 15 is 0 Å². The first-order valence-electron chi connectivity index (χ1n) is 8.57. The maximum Gasteiger partial charge on any atom is 0.337 e. The molecular weight excluding hydrogens is 322 g/mol. The van der Waals surface area contributed by atoms with E-state index in [0.29, 0.717) is 29.1 Å². The van der Waals surface area contributed by atoms with E-state index in [0.717, 1.165) is 12.8 Å². The third kappa shape index (κ3) is 3.71. The molecule has 2 aliphatic heterocycles. The lowest BCUT2D eigenvalue weighted by Crippen LogP contribution is -2.49. The highest BCUT2D eigenvalue weighted by Crippen LogP contribution is 2.34. The van der Waals surface area contributed by atoms with Gasteiger partial charge in [0.2, 0.25) is 0 Å². The van der Waals surface area contributed by atoms with Crippen molar-refractivity contribution in [3.05, 3.63) is 23.8 Å². The summed E-state index contributed by atoms with van der Waals surface area (Å²) in [5.74, 6) is 0.0317. The van der Waals surface area contributed by atoms with Crippen molar-refractivity contribution in [2.24, 2.45) is 0 Å². The summed E-state index contributed by atoms with van der Waals surface area (Å²) >= 11 is 0. The number of piperidine rings is 1. The van der Waals surface area contributed by atoms with Gasteiger partial charge >= 0.3 is 12.0 Å². The lowest BCUT2D eigenvalue weighted by molar-refractivity contribution is 0.0600. The molecule has 2 bridgehead atoms. The van der Waals surface area contributed by atoms with Gasteiger partial charge in [0.1, 0.15) is 5.75 Å². The topological polar surface area (TPSA) is 79.9 Å². The molecule has 0 saturated carbocycles. The van der Waals surface area contributed by atoms with E-state index in [9.17, 15) is 9.59 Å². The lowest BCUT2D eigenvalue weighted by atomic mass is 9.98. The van der Waals surface area contributed by atoms with Crippen molar-refractivity contribution >= 4 is 17.7 Å². The van der Waals surface area contributed by atoms with Gasteiger partial charge in [-0.25, -0.2) is 9.59 Å². The number of carbonyl (C=O) groups excluding carboxylic acids is 2. The fourth-order valence-electron chi connectivity index (χ4n) is 3.92. The highest BCUT2D eigenvalue weighted by molar-refractivity contribution is 5.95. The van der Waals surface area contributed by atoms with Crippen LogP contribution in [0.3, 0.4) is 0 Å². The third-order valence-corrected chi connectivity index (χ3v) is 5.30. The molecular formula is C18H25N3O4. The van der Waals surface area contributed by atoms with Crippen molar-refractivity contribution in [1.82, 2.24) is 10.2 Å². The molecule has 7 nitrogen and oxygen atoms in total. The molecule has 0 aromatic heterocycles. The fourth-order valence-corrected chi connectivity index (χ4v) is 3.92. The van der Waals surface area contributed by atoms with E-state index in [1.807, 2.05) is 0 Å². The summed E-state index contributed by atoms with van der Waals surface area (Å²) in [4.78, 5) is 26.5. The van der Waals surface area contributed by atoms with Gasteiger partial charge in [0.15, 0.2) is 0 Å². The van der Waals surface area contributed by atoms with Crippen molar-refractivity contribution in [2.75, 3.05) is 26.6 Å². The van der Waals surface area contributed by atoms with E-state index in [1.165, 1.54) is 27.1 Å². The molecule has 136 valence electrons. The van der Waals surface area contributed by atoms with Crippen LogP contribution in [0.2, 0.25) is 0 Å². The molecule has 0 radical (unpaired) electrons. The molecule has 2 N–H and O–H groups in total. The Labute approximate surface area is 147 Å². The van der Waals surface area contributed by atoms with Gasteiger partial charge in [0, 0.05) is 18.1 Å². The first-order chi connectivity index (χ1) is 12.0. The first kappa shape index (κ1) is 17.5. The number of esters is 1. The molecule has 2 aliphatic rings. The van der Waals surface area contributed by atoms with Crippen LogP contribution in [-0.4, -0.2) is 56.3 Å². The summed E-state index contributed by atoms with van der Waals surface area (Å²) in [6.07, 6.45) is 4.35. The van der Waals surface area contributed by atoms with Crippen LogP contribution in [0.1, 0.15) is 36.0 Å². The van der Waals surface area contributed by atoms with Crippen LogP contribution in [0, 0.1) is 0 Å². The maximum atomic E-state index is 12.4. The van der Waals surface area contributed by atoms with Crippen molar-refractivity contribution in [2.45, 2.75) is 43.8 Å². The molecule has 1 aromatic rings. The van der Waals surface area contributed by atoms with Crippen LogP contribution in [0.4, 0.5) is 10.5 Å². The minimum atomic E-state index is -0.460. The number of fused-ring (bicyclic) bond motifs is 2. The molecule has 2 saturated heterocycles. The van der Waals surface area contributed by atoms with E-state index in [2.05, 4.69) is 22.6 Å². The van der Waals surface area contributed by atoms with Gasteiger partial charge < -0.3 is 25.0 Å². The second kappa shape index (κ2) is 7.31. The molecule has 2 atom stereocenters. The lowest BCUT2D eigenvalue weighted by Gasteiger charge is -2.36. The van der Waals surface area contributed by atoms with E-state index in [4.69, 9.17) is 9.47 Å². The van der Waals surface area contributed by atoms with Gasteiger partial charge in [0.25, 0.3) is 0 Å². The number of carbonyl (C=O) groups is 2. The monoisotopic (exact) mass is 347 g/mol. The SMILES string of the molecule is COC(=O)c1ccc(OC)c(NC(=O)NC2CC3CCC(C2)N3C)c1. The Bertz CT molecular complexity index is 650. The van der Waals surface area contributed by atoms with Crippen molar-refractivity contribution in [3.63, 3.8) is 0 Å². The highest BCUT2D eigenvalue weighted by atomic mass is 16.5. The molecule has 0 spiro atoms. The number of nitrogens with one attached hydrogen (secondary N) is 2. The quantitative estimate of drug-likeness (QED) is 0.817. The number of anilines is 1. The van der Waals surface area contributed by atoms with Crippen LogP contribution in [-0.2, 0) is 4.74 Å². The van der Waals surface area contributed by atoms with Crippen molar-refractivity contribution in [1.29, 1.82) is 0 Å². The highest BCUT2D eigenvalue weighted by Gasteiger charge is 2.38. The number of hydrogen-bond donors (Lipinski definition) is 2. The summed E-state index contributed by atoms with van der Waals surface area (Å²) in [5, 5.41) is 5.85. The minimum absolute atomic E-state index is 0.170. The molecule has 3 rings (SSSR count). The molecule has 0 aliphatic carbocycles. The number of methoxy groups -OCH3 is 2. The average molecular weight is 347 g/mol. The van der Waals surface area contributed by atoms with E-state index < -0.39 is 5.97 Å². The Kier molecular flexibility index (Phi) is 5.13. The largest absolute Gasteiger partial charge is 0.495 e. The minimum Gasteiger partial charge on any atom is -0.495 e. The average Bonchev–Trinajstić information content (AvgIpc) is 2.82. The summed E-state index contributed by atoms with van der Waals surface area (Å²) in [7, 11) is 5.01. The predicted octanol–water partition coefficient (Wildman–Crippen LogP) is 2.23. The van der Waals surface area contributed by atoms with Gasteiger partial charge in [-0.05, 0) is 50.9 Å². The molecule has 2 heterocycles. The summed E-state index contributed by atoms with van der Waals surface area (Å²) in [6.45, 7) is 0. The van der Waals surface area contributed by atoms with Gasteiger partial charge in [0.05, 0.1) is 25.5 Å². The molecule has 25 heavy (non-hydrogen) atoms. The van der Waals surface area contributed by atoms with Crippen LogP contribution in [0.5, 0.6) is 5.75 Å². The number of nitrogens with zero attached hydrogens (tertiary/aromatic N) is 1. The Hall–Kier alpha value is -2.28. The second-order valence-corrected chi connectivity index (χ2v) is 6.72. The number of rotatable bonds is 4. The van der Waals surface area contributed by atoms with Gasteiger partial charge in [-0.2, -0.15) is 0 Å². The van der Waals surface area contributed by atoms with Crippen molar-refractivity contribution in [3.8, 4) is 5.75 Å². The number of ether oxygens (including phenoxy) is 2. The van der Waals surface area contributed by atoms with E-state index in [-0.39, 0.29) is 12.1 Å². The van der Waals surface area contributed by atoms with Gasteiger partial charge in [-0.3, -0.25) is 0 Å². The van der Waals surface area contributed by atoms with Crippen LogP contribution in [0.15, 0.2) is 18.2 Å². The summed E-state index contributed by atoms with van der Waals surface area (Å²) in [6, 6.07) is 5.79. The van der Waals surface area contributed by atoms with Crippen LogP contribution < -0.4 is 15.4 Å².